The third-order valence-electron chi connectivity index (χ3n) is 6.72. The van der Waals surface area contributed by atoms with E-state index in [0.29, 0.717) is 25.2 Å². The summed E-state index contributed by atoms with van der Waals surface area (Å²) < 4.78 is 18.8. The second kappa shape index (κ2) is 10.8. The Morgan fingerprint density at radius 2 is 1.79 bits per heavy atom. The molecule has 1 N–H and O–H groups in total. The molecule has 2 unspecified atom stereocenters. The van der Waals surface area contributed by atoms with E-state index in [9.17, 15) is 14.0 Å². The molecule has 2 aromatic carbocycles. The Morgan fingerprint density at radius 3 is 2.52 bits per heavy atom. The Kier molecular flexibility index (Phi) is 7.60. The van der Waals surface area contributed by atoms with Gasteiger partial charge in [0.1, 0.15) is 11.6 Å². The van der Waals surface area contributed by atoms with Gasteiger partial charge in [0, 0.05) is 30.8 Å². The number of rotatable bonds is 7. The standard InChI is InChI=1S/C26H32FN3O3/c1-33-24-9-3-2-8-22(24)23(29-14-4-5-15-29)17-28-25(31)20-7-6-16-30(18-20)26(32)19-10-12-21(27)13-11-19/h2-3,8-13,20,23H,4-7,14-18H2,1H3,(H,28,31). The number of piperidine rings is 1. The van der Waals surface area contributed by atoms with Gasteiger partial charge in [-0.3, -0.25) is 14.5 Å². The minimum Gasteiger partial charge on any atom is -0.496 e. The van der Waals surface area contributed by atoms with Gasteiger partial charge in [-0.25, -0.2) is 4.39 Å². The number of para-hydroxylation sites is 1. The molecule has 2 aromatic rings. The molecule has 2 saturated heterocycles. The smallest absolute Gasteiger partial charge is 0.253 e. The Bertz CT molecular complexity index is 960. The van der Waals surface area contributed by atoms with Gasteiger partial charge in [0.05, 0.1) is 19.1 Å². The van der Waals surface area contributed by atoms with E-state index in [2.05, 4.69) is 16.3 Å². The zero-order valence-corrected chi connectivity index (χ0v) is 19.1. The number of carbonyl (C=O) groups is 2. The molecule has 2 aliphatic rings. The molecule has 0 spiro atoms. The minimum absolute atomic E-state index is 0.0225. The molecule has 0 bridgehead atoms. The predicted molar refractivity (Wildman–Crippen MR) is 125 cm³/mol. The lowest BCUT2D eigenvalue weighted by Gasteiger charge is -2.33. The number of ether oxygens (including phenoxy) is 1. The second-order valence-electron chi connectivity index (χ2n) is 8.84. The SMILES string of the molecule is COc1ccccc1C(CNC(=O)C1CCCN(C(=O)c2ccc(F)cc2)C1)N1CCCC1. The van der Waals surface area contributed by atoms with Crippen LogP contribution < -0.4 is 10.1 Å². The van der Waals surface area contributed by atoms with E-state index in [1.807, 2.05) is 18.2 Å². The molecule has 7 heteroatoms. The van der Waals surface area contributed by atoms with Gasteiger partial charge in [0.25, 0.3) is 5.91 Å². The Hall–Kier alpha value is -2.93. The van der Waals surface area contributed by atoms with Crippen LogP contribution in [0.1, 0.15) is 47.6 Å². The maximum absolute atomic E-state index is 13.2. The van der Waals surface area contributed by atoms with Crippen molar-refractivity contribution in [2.75, 3.05) is 39.8 Å². The number of carbonyl (C=O) groups excluding carboxylic acids is 2. The number of nitrogens with one attached hydrogen (secondary N) is 1. The average molecular weight is 454 g/mol. The number of likely N-dealkylation sites (tertiary alicyclic amines) is 2. The molecule has 2 aliphatic heterocycles. The topological polar surface area (TPSA) is 61.9 Å². The van der Waals surface area contributed by atoms with Crippen LogP contribution in [0.25, 0.3) is 0 Å². The number of methoxy groups -OCH3 is 1. The van der Waals surface area contributed by atoms with Crippen molar-refractivity contribution in [3.05, 3.63) is 65.5 Å². The highest BCUT2D eigenvalue weighted by atomic mass is 19.1. The monoisotopic (exact) mass is 453 g/mol. The van der Waals surface area contributed by atoms with Crippen LogP contribution in [-0.2, 0) is 4.79 Å². The van der Waals surface area contributed by atoms with Crippen molar-refractivity contribution >= 4 is 11.8 Å². The summed E-state index contributed by atoms with van der Waals surface area (Å²) in [6, 6.07) is 13.6. The molecule has 176 valence electrons. The first kappa shape index (κ1) is 23.2. The van der Waals surface area contributed by atoms with Crippen molar-refractivity contribution in [2.45, 2.75) is 31.7 Å². The van der Waals surface area contributed by atoms with E-state index in [1.54, 1.807) is 12.0 Å². The fourth-order valence-corrected chi connectivity index (χ4v) is 4.92. The molecule has 2 heterocycles. The van der Waals surface area contributed by atoms with Gasteiger partial charge in [-0.05, 0) is 69.1 Å². The normalized spacial score (nSPS) is 19.8. The summed E-state index contributed by atoms with van der Waals surface area (Å²) in [5, 5.41) is 3.16. The van der Waals surface area contributed by atoms with Crippen LogP contribution in [-0.4, -0.2) is 61.4 Å². The third kappa shape index (κ3) is 5.53. The molecule has 33 heavy (non-hydrogen) atoms. The molecule has 0 radical (unpaired) electrons. The van der Waals surface area contributed by atoms with Crippen molar-refractivity contribution in [1.82, 2.24) is 15.1 Å². The zero-order chi connectivity index (χ0) is 23.2. The first-order valence-corrected chi connectivity index (χ1v) is 11.8. The van der Waals surface area contributed by atoms with Gasteiger partial charge < -0.3 is 15.0 Å². The summed E-state index contributed by atoms with van der Waals surface area (Å²) in [6.45, 7) is 3.49. The molecular weight excluding hydrogens is 421 g/mol. The molecule has 4 rings (SSSR count). The quantitative estimate of drug-likeness (QED) is 0.695. The molecule has 2 atom stereocenters. The molecule has 2 amide bonds. The van der Waals surface area contributed by atoms with E-state index >= 15 is 0 Å². The van der Waals surface area contributed by atoms with Gasteiger partial charge in [-0.1, -0.05) is 18.2 Å². The Labute approximate surface area is 194 Å². The lowest BCUT2D eigenvalue weighted by atomic mass is 9.96. The van der Waals surface area contributed by atoms with Crippen molar-refractivity contribution in [1.29, 1.82) is 0 Å². The van der Waals surface area contributed by atoms with Crippen LogP contribution in [0.2, 0.25) is 0 Å². The maximum atomic E-state index is 13.2. The predicted octanol–water partition coefficient (Wildman–Crippen LogP) is 3.64. The first-order chi connectivity index (χ1) is 16.1. The lowest BCUT2D eigenvalue weighted by molar-refractivity contribution is -0.126. The van der Waals surface area contributed by atoms with Gasteiger partial charge in [0.2, 0.25) is 5.91 Å². The van der Waals surface area contributed by atoms with Gasteiger partial charge in [-0.2, -0.15) is 0 Å². The van der Waals surface area contributed by atoms with Crippen LogP contribution in [0.5, 0.6) is 5.75 Å². The van der Waals surface area contributed by atoms with Crippen molar-refractivity contribution in [3.63, 3.8) is 0 Å². The van der Waals surface area contributed by atoms with Crippen molar-refractivity contribution in [3.8, 4) is 5.75 Å². The fraction of sp³-hybridized carbons (Fsp3) is 0.462. The summed E-state index contributed by atoms with van der Waals surface area (Å²) in [7, 11) is 1.67. The second-order valence-corrected chi connectivity index (χ2v) is 8.84. The Morgan fingerprint density at radius 1 is 1.06 bits per heavy atom. The van der Waals surface area contributed by atoms with Crippen LogP contribution in [0, 0.1) is 11.7 Å². The number of nitrogens with zero attached hydrogens (tertiary/aromatic N) is 2. The highest BCUT2D eigenvalue weighted by Crippen LogP contribution is 2.31. The maximum Gasteiger partial charge on any atom is 0.253 e. The molecule has 0 aromatic heterocycles. The van der Waals surface area contributed by atoms with Gasteiger partial charge >= 0.3 is 0 Å². The van der Waals surface area contributed by atoms with Crippen molar-refractivity contribution in [2.24, 2.45) is 5.92 Å². The van der Waals surface area contributed by atoms with E-state index in [4.69, 9.17) is 4.74 Å². The first-order valence-electron chi connectivity index (χ1n) is 11.8. The van der Waals surface area contributed by atoms with E-state index in [1.165, 1.54) is 24.3 Å². The molecule has 0 saturated carbocycles. The van der Waals surface area contributed by atoms with E-state index < -0.39 is 0 Å². The van der Waals surface area contributed by atoms with Crippen LogP contribution in [0.15, 0.2) is 48.5 Å². The van der Waals surface area contributed by atoms with Gasteiger partial charge in [0.15, 0.2) is 0 Å². The summed E-state index contributed by atoms with van der Waals surface area (Å²) in [5.74, 6) is 0.0321. The molecule has 6 nitrogen and oxygen atoms in total. The largest absolute Gasteiger partial charge is 0.496 e. The summed E-state index contributed by atoms with van der Waals surface area (Å²) >= 11 is 0. The number of halogens is 1. The Balaban J connectivity index is 1.40. The third-order valence-corrected chi connectivity index (χ3v) is 6.72. The number of amides is 2. The summed E-state index contributed by atoms with van der Waals surface area (Å²) in [5.41, 5.74) is 1.53. The highest BCUT2D eigenvalue weighted by molar-refractivity contribution is 5.94. The van der Waals surface area contributed by atoms with E-state index in [-0.39, 0.29) is 29.6 Å². The zero-order valence-electron chi connectivity index (χ0n) is 19.1. The van der Waals surface area contributed by atoms with Crippen LogP contribution >= 0.6 is 0 Å². The van der Waals surface area contributed by atoms with Crippen LogP contribution in [0.4, 0.5) is 4.39 Å². The van der Waals surface area contributed by atoms with E-state index in [0.717, 1.165) is 50.1 Å². The fourth-order valence-electron chi connectivity index (χ4n) is 4.92. The number of hydrogen-bond acceptors (Lipinski definition) is 4. The molecular formula is C26H32FN3O3. The summed E-state index contributed by atoms with van der Waals surface area (Å²) in [6.07, 6.45) is 3.83. The lowest BCUT2D eigenvalue weighted by Crippen LogP contribution is -2.47. The van der Waals surface area contributed by atoms with Gasteiger partial charge in [-0.15, -0.1) is 0 Å². The number of hydrogen-bond donors (Lipinski definition) is 1. The number of benzene rings is 2. The van der Waals surface area contributed by atoms with Crippen LogP contribution in [0.3, 0.4) is 0 Å². The minimum atomic E-state index is -0.370. The average Bonchev–Trinajstić information content (AvgIpc) is 3.39. The molecule has 0 aliphatic carbocycles. The highest BCUT2D eigenvalue weighted by Gasteiger charge is 2.31. The molecule has 2 fully saturated rings. The van der Waals surface area contributed by atoms with Crippen molar-refractivity contribution < 1.29 is 18.7 Å². The summed E-state index contributed by atoms with van der Waals surface area (Å²) in [4.78, 5) is 30.0.